The minimum Gasteiger partial charge on any atom is -0.333 e. The van der Waals surface area contributed by atoms with E-state index >= 15 is 0 Å². The summed E-state index contributed by atoms with van der Waals surface area (Å²) in [4.78, 5) is 25.3. The second-order valence-corrected chi connectivity index (χ2v) is 4.85. The lowest BCUT2D eigenvalue weighted by Crippen LogP contribution is -2.39. The third-order valence-electron chi connectivity index (χ3n) is 2.67. The predicted molar refractivity (Wildman–Crippen MR) is 87.9 cm³/mol. The summed E-state index contributed by atoms with van der Waals surface area (Å²) in [7, 11) is 0. The summed E-state index contributed by atoms with van der Waals surface area (Å²) in [6, 6.07) is 6.82. The molecule has 0 bridgehead atoms. The van der Waals surface area contributed by atoms with Crippen LogP contribution in [0.2, 0.25) is 5.02 Å². The van der Waals surface area contributed by atoms with Crippen LogP contribution in [0.5, 0.6) is 0 Å². The normalized spacial score (nSPS) is 9.67. The molecule has 1 aromatic carbocycles. The van der Waals surface area contributed by atoms with Crippen LogP contribution in [0, 0.1) is 0 Å². The first-order valence-corrected chi connectivity index (χ1v) is 6.98. The fraction of sp³-hybridized carbons (Fsp3) is 0.429. The van der Waals surface area contributed by atoms with Crippen LogP contribution in [-0.2, 0) is 9.59 Å². The maximum Gasteiger partial charge on any atom is 0.243 e. The fourth-order valence-electron chi connectivity index (χ4n) is 1.75. The molecule has 0 aromatic heterocycles. The summed E-state index contributed by atoms with van der Waals surface area (Å²) < 4.78 is 0. The molecule has 0 saturated carbocycles. The zero-order valence-corrected chi connectivity index (χ0v) is 13.5. The van der Waals surface area contributed by atoms with Crippen LogP contribution in [-0.4, -0.2) is 36.3 Å². The molecule has 0 aliphatic rings. The van der Waals surface area contributed by atoms with Crippen LogP contribution in [0.25, 0.3) is 0 Å². The zero-order valence-electron chi connectivity index (χ0n) is 12.0. The molecule has 1 rings (SSSR count). The fourth-order valence-corrected chi connectivity index (χ4v) is 1.88. The molecule has 0 unspecified atom stereocenters. The van der Waals surface area contributed by atoms with Crippen molar-refractivity contribution in [3.8, 4) is 0 Å². The van der Waals surface area contributed by atoms with E-state index in [1.165, 1.54) is 4.90 Å². The van der Waals surface area contributed by atoms with Gasteiger partial charge in [-0.3, -0.25) is 9.59 Å². The number of nitrogens with zero attached hydrogens (tertiary/aromatic N) is 1. The molecule has 0 fully saturated rings. The third kappa shape index (κ3) is 7.32. The highest BCUT2D eigenvalue weighted by Crippen LogP contribution is 2.13. The first-order valence-electron chi connectivity index (χ1n) is 6.60. The van der Waals surface area contributed by atoms with E-state index in [4.69, 9.17) is 17.3 Å². The SMILES string of the molecule is CCCN(CC(=O)Nc1ccc(Cl)cc1)C(=O)CCN.Cl. The Morgan fingerprint density at radius 2 is 1.90 bits per heavy atom. The van der Waals surface area contributed by atoms with Gasteiger partial charge in [0.2, 0.25) is 11.8 Å². The summed E-state index contributed by atoms with van der Waals surface area (Å²) in [5.41, 5.74) is 6.03. The molecule has 0 radical (unpaired) electrons. The molecular weight excluding hydrogens is 313 g/mol. The Kier molecular flexibility index (Phi) is 9.78. The lowest BCUT2D eigenvalue weighted by Gasteiger charge is -2.21. The van der Waals surface area contributed by atoms with Crippen molar-refractivity contribution in [3.05, 3.63) is 29.3 Å². The number of carbonyl (C=O) groups is 2. The number of halogens is 2. The Hall–Kier alpha value is -1.30. The topological polar surface area (TPSA) is 75.4 Å². The van der Waals surface area contributed by atoms with Crippen molar-refractivity contribution in [2.75, 3.05) is 25.0 Å². The van der Waals surface area contributed by atoms with Crippen LogP contribution >= 0.6 is 24.0 Å². The van der Waals surface area contributed by atoms with E-state index in [0.717, 1.165) is 6.42 Å². The molecule has 2 amide bonds. The molecule has 0 saturated heterocycles. The standard InChI is InChI=1S/C14H20ClN3O2.ClH/c1-2-9-18(14(20)7-8-16)10-13(19)17-12-5-3-11(15)4-6-12;/h3-6H,2,7-10,16H2,1H3,(H,17,19);1H. The Bertz CT molecular complexity index is 452. The third-order valence-corrected chi connectivity index (χ3v) is 2.92. The van der Waals surface area contributed by atoms with Crippen molar-refractivity contribution in [2.24, 2.45) is 5.73 Å². The van der Waals surface area contributed by atoms with Gasteiger partial charge in [-0.05, 0) is 30.7 Å². The maximum atomic E-state index is 11.9. The number of hydrogen-bond donors (Lipinski definition) is 2. The average Bonchev–Trinajstić information content (AvgIpc) is 2.41. The van der Waals surface area contributed by atoms with E-state index in [1.807, 2.05) is 6.92 Å². The smallest absolute Gasteiger partial charge is 0.243 e. The quantitative estimate of drug-likeness (QED) is 0.803. The van der Waals surface area contributed by atoms with E-state index < -0.39 is 0 Å². The highest BCUT2D eigenvalue weighted by atomic mass is 35.5. The second kappa shape index (κ2) is 10.4. The number of anilines is 1. The minimum absolute atomic E-state index is 0. The second-order valence-electron chi connectivity index (χ2n) is 4.41. The van der Waals surface area contributed by atoms with Gasteiger partial charge in [-0.2, -0.15) is 0 Å². The van der Waals surface area contributed by atoms with Crippen LogP contribution in [0.15, 0.2) is 24.3 Å². The van der Waals surface area contributed by atoms with E-state index in [9.17, 15) is 9.59 Å². The van der Waals surface area contributed by atoms with Crippen molar-refractivity contribution >= 4 is 41.5 Å². The molecule has 0 heterocycles. The van der Waals surface area contributed by atoms with E-state index in [0.29, 0.717) is 17.3 Å². The van der Waals surface area contributed by atoms with Crippen molar-refractivity contribution in [2.45, 2.75) is 19.8 Å². The molecule has 118 valence electrons. The van der Waals surface area contributed by atoms with Crippen LogP contribution in [0.1, 0.15) is 19.8 Å². The van der Waals surface area contributed by atoms with Gasteiger partial charge >= 0.3 is 0 Å². The van der Waals surface area contributed by atoms with Crippen LogP contribution in [0.3, 0.4) is 0 Å². The highest BCUT2D eigenvalue weighted by molar-refractivity contribution is 6.30. The van der Waals surface area contributed by atoms with Gasteiger partial charge in [-0.1, -0.05) is 18.5 Å². The number of benzene rings is 1. The lowest BCUT2D eigenvalue weighted by atomic mass is 10.3. The Morgan fingerprint density at radius 1 is 1.29 bits per heavy atom. The molecule has 7 heteroatoms. The zero-order chi connectivity index (χ0) is 15.0. The summed E-state index contributed by atoms with van der Waals surface area (Å²) in [6.07, 6.45) is 1.05. The Balaban J connectivity index is 0.00000400. The minimum atomic E-state index is -0.230. The molecule has 1 aromatic rings. The van der Waals surface area contributed by atoms with Crippen LogP contribution in [0.4, 0.5) is 5.69 Å². The van der Waals surface area contributed by atoms with E-state index in [-0.39, 0.29) is 43.7 Å². The van der Waals surface area contributed by atoms with Crippen molar-refractivity contribution in [3.63, 3.8) is 0 Å². The highest BCUT2D eigenvalue weighted by Gasteiger charge is 2.15. The van der Waals surface area contributed by atoms with Crippen molar-refractivity contribution in [1.29, 1.82) is 0 Å². The van der Waals surface area contributed by atoms with Gasteiger partial charge in [0.1, 0.15) is 0 Å². The predicted octanol–water partition coefficient (Wildman–Crippen LogP) is 2.29. The lowest BCUT2D eigenvalue weighted by molar-refractivity contribution is -0.134. The molecule has 0 aliphatic carbocycles. The van der Waals surface area contributed by atoms with Gasteiger partial charge in [-0.25, -0.2) is 0 Å². The van der Waals surface area contributed by atoms with Gasteiger partial charge < -0.3 is 16.0 Å². The number of nitrogens with two attached hydrogens (primary N) is 1. The van der Waals surface area contributed by atoms with Crippen LogP contribution < -0.4 is 11.1 Å². The van der Waals surface area contributed by atoms with E-state index in [2.05, 4.69) is 5.32 Å². The number of rotatable bonds is 7. The number of nitrogens with one attached hydrogen (secondary N) is 1. The number of amides is 2. The van der Waals surface area contributed by atoms with Gasteiger partial charge in [0, 0.05) is 30.2 Å². The molecular formula is C14H21Cl2N3O2. The maximum absolute atomic E-state index is 11.9. The molecule has 5 nitrogen and oxygen atoms in total. The summed E-state index contributed by atoms with van der Waals surface area (Å²) >= 11 is 5.77. The molecule has 0 spiro atoms. The van der Waals surface area contributed by atoms with Crippen molar-refractivity contribution < 1.29 is 9.59 Å². The largest absolute Gasteiger partial charge is 0.333 e. The molecule has 0 aliphatic heterocycles. The van der Waals surface area contributed by atoms with Gasteiger partial charge in [0.15, 0.2) is 0 Å². The first kappa shape index (κ1) is 19.7. The monoisotopic (exact) mass is 333 g/mol. The van der Waals surface area contributed by atoms with Gasteiger partial charge in [-0.15, -0.1) is 12.4 Å². The molecule has 0 atom stereocenters. The Morgan fingerprint density at radius 3 is 2.43 bits per heavy atom. The van der Waals surface area contributed by atoms with Gasteiger partial charge in [0.25, 0.3) is 0 Å². The molecule has 3 N–H and O–H groups in total. The van der Waals surface area contributed by atoms with Gasteiger partial charge in [0.05, 0.1) is 6.54 Å². The number of carbonyl (C=O) groups excluding carboxylic acids is 2. The number of hydrogen-bond acceptors (Lipinski definition) is 3. The average molecular weight is 334 g/mol. The first-order chi connectivity index (χ1) is 9.56. The summed E-state index contributed by atoms with van der Waals surface area (Å²) in [5, 5.41) is 3.34. The van der Waals surface area contributed by atoms with Crippen molar-refractivity contribution in [1.82, 2.24) is 4.90 Å². The summed E-state index contributed by atoms with van der Waals surface area (Å²) in [5.74, 6) is -0.327. The van der Waals surface area contributed by atoms with E-state index in [1.54, 1.807) is 24.3 Å². The molecule has 21 heavy (non-hydrogen) atoms. The summed E-state index contributed by atoms with van der Waals surface area (Å²) in [6.45, 7) is 2.83. The Labute approximate surface area is 136 Å².